The lowest BCUT2D eigenvalue weighted by molar-refractivity contribution is -0.136. The Hall–Kier alpha value is -2.73. The molecule has 0 fully saturated rings. The molecule has 3 aromatic rings. The van der Waals surface area contributed by atoms with Crippen LogP contribution in [0.4, 0.5) is 0 Å². The van der Waals surface area contributed by atoms with E-state index in [1.165, 1.54) is 22.7 Å². The number of aromatic amines is 1. The lowest BCUT2D eigenvalue weighted by atomic mass is 10.0. The number of aryl methyl sites for hydroxylation is 3. The first-order valence-corrected chi connectivity index (χ1v) is 10.0. The summed E-state index contributed by atoms with van der Waals surface area (Å²) in [5.41, 5.74) is 6.05. The first-order chi connectivity index (χ1) is 13.3. The van der Waals surface area contributed by atoms with Crippen molar-refractivity contribution in [2.45, 2.75) is 44.4 Å². The summed E-state index contributed by atoms with van der Waals surface area (Å²) in [5.74, 6) is -1.12. The van der Waals surface area contributed by atoms with E-state index in [2.05, 4.69) is 29.4 Å². The molecule has 6 heteroatoms. The Labute approximate surface area is 168 Å². The van der Waals surface area contributed by atoms with E-state index in [-0.39, 0.29) is 5.91 Å². The molecule has 3 N–H and O–H groups in total. The molecule has 146 valence electrons. The standard InChI is InChI=1S/C22H24N2O3S/c1-12-9-16(20-18(10-12)13(2)14(3)24-20)11-23-21(25)17-7-5-6-8-19(17)28-15(4)22(26)27/h5-10,15,24H,11H2,1-4H3,(H,23,25)(H,26,27). The van der Waals surface area contributed by atoms with Crippen LogP contribution in [0.1, 0.15) is 39.7 Å². The maximum absolute atomic E-state index is 12.8. The fourth-order valence-corrected chi connectivity index (χ4v) is 4.12. The minimum atomic E-state index is -0.903. The maximum atomic E-state index is 12.8. The predicted octanol–water partition coefficient (Wildman–Crippen LogP) is 4.59. The number of benzene rings is 2. The fraction of sp³-hybridized carbons (Fsp3) is 0.273. The molecule has 0 aliphatic rings. The van der Waals surface area contributed by atoms with Crippen LogP contribution in [0.2, 0.25) is 0 Å². The first-order valence-electron chi connectivity index (χ1n) is 9.13. The van der Waals surface area contributed by atoms with Crippen molar-refractivity contribution in [2.24, 2.45) is 0 Å². The van der Waals surface area contributed by atoms with Gasteiger partial charge in [-0.05, 0) is 57.0 Å². The molecular weight excluding hydrogens is 372 g/mol. The van der Waals surface area contributed by atoms with Gasteiger partial charge in [0.2, 0.25) is 0 Å². The van der Waals surface area contributed by atoms with Gasteiger partial charge in [-0.2, -0.15) is 0 Å². The van der Waals surface area contributed by atoms with Gasteiger partial charge in [-0.15, -0.1) is 11.8 Å². The molecule has 2 aromatic carbocycles. The van der Waals surface area contributed by atoms with Gasteiger partial charge in [-0.3, -0.25) is 9.59 Å². The number of rotatable bonds is 6. The number of aliphatic carboxylic acids is 1. The zero-order valence-corrected chi connectivity index (χ0v) is 17.2. The third kappa shape index (κ3) is 4.07. The van der Waals surface area contributed by atoms with Crippen molar-refractivity contribution in [1.82, 2.24) is 10.3 Å². The zero-order chi connectivity index (χ0) is 20.4. The van der Waals surface area contributed by atoms with Gasteiger partial charge in [0, 0.05) is 22.5 Å². The summed E-state index contributed by atoms with van der Waals surface area (Å²) in [7, 11) is 0. The Kier molecular flexibility index (Phi) is 5.79. The van der Waals surface area contributed by atoms with E-state index in [1.807, 2.05) is 19.9 Å². The van der Waals surface area contributed by atoms with Crippen molar-refractivity contribution >= 4 is 34.5 Å². The lowest BCUT2D eigenvalue weighted by Gasteiger charge is -2.12. The number of H-pyrrole nitrogens is 1. The van der Waals surface area contributed by atoms with E-state index in [9.17, 15) is 9.59 Å². The summed E-state index contributed by atoms with van der Waals surface area (Å²) >= 11 is 1.17. The molecule has 0 spiro atoms. The summed E-state index contributed by atoms with van der Waals surface area (Å²) in [4.78, 5) is 28.0. The van der Waals surface area contributed by atoms with Gasteiger partial charge in [0.05, 0.1) is 11.1 Å². The van der Waals surface area contributed by atoms with Gasteiger partial charge in [-0.25, -0.2) is 0 Å². The topological polar surface area (TPSA) is 82.2 Å². The van der Waals surface area contributed by atoms with E-state index in [4.69, 9.17) is 5.11 Å². The first kappa shape index (κ1) is 20.0. The second kappa shape index (κ2) is 8.10. The van der Waals surface area contributed by atoms with Crippen LogP contribution < -0.4 is 5.32 Å². The van der Waals surface area contributed by atoms with Crippen LogP contribution in [0.5, 0.6) is 0 Å². The van der Waals surface area contributed by atoms with Crippen molar-refractivity contribution < 1.29 is 14.7 Å². The molecule has 3 rings (SSSR count). The van der Waals surface area contributed by atoms with Crippen molar-refractivity contribution in [1.29, 1.82) is 0 Å². The minimum absolute atomic E-state index is 0.213. The van der Waals surface area contributed by atoms with Crippen LogP contribution in [0.3, 0.4) is 0 Å². The largest absolute Gasteiger partial charge is 0.480 e. The summed E-state index contributed by atoms with van der Waals surface area (Å²) < 4.78 is 0. The predicted molar refractivity (Wildman–Crippen MR) is 113 cm³/mol. The number of hydrogen-bond donors (Lipinski definition) is 3. The second-order valence-corrected chi connectivity index (χ2v) is 8.38. The summed E-state index contributed by atoms with van der Waals surface area (Å²) in [6.07, 6.45) is 0. The van der Waals surface area contributed by atoms with Crippen LogP contribution in [-0.2, 0) is 11.3 Å². The molecule has 1 heterocycles. The van der Waals surface area contributed by atoms with Gasteiger partial charge in [0.25, 0.3) is 5.91 Å². The molecule has 0 saturated heterocycles. The number of thioether (sulfide) groups is 1. The molecule has 1 atom stereocenters. The Balaban J connectivity index is 1.83. The highest BCUT2D eigenvalue weighted by atomic mass is 32.2. The Morgan fingerprint density at radius 1 is 1.18 bits per heavy atom. The van der Waals surface area contributed by atoms with E-state index in [0.29, 0.717) is 17.0 Å². The highest BCUT2D eigenvalue weighted by Crippen LogP contribution is 2.28. The summed E-state index contributed by atoms with van der Waals surface area (Å²) in [6, 6.07) is 11.3. The number of carboxylic acids is 1. The molecular formula is C22H24N2O3S. The number of nitrogens with one attached hydrogen (secondary N) is 2. The molecule has 1 amide bonds. The third-order valence-electron chi connectivity index (χ3n) is 4.87. The minimum Gasteiger partial charge on any atom is -0.480 e. The molecule has 0 radical (unpaired) electrons. The van der Waals surface area contributed by atoms with Crippen LogP contribution in [-0.4, -0.2) is 27.2 Å². The number of aromatic nitrogens is 1. The summed E-state index contributed by atoms with van der Waals surface area (Å²) in [5, 5.41) is 12.7. The van der Waals surface area contributed by atoms with Crippen LogP contribution >= 0.6 is 11.8 Å². The number of carboxylic acid groups (broad SMARTS) is 1. The van der Waals surface area contributed by atoms with E-state index in [0.717, 1.165) is 22.3 Å². The number of fused-ring (bicyclic) bond motifs is 1. The second-order valence-electron chi connectivity index (χ2n) is 7.00. The highest BCUT2D eigenvalue weighted by Gasteiger charge is 2.18. The average molecular weight is 397 g/mol. The normalized spacial score (nSPS) is 12.1. The van der Waals surface area contributed by atoms with Crippen molar-refractivity contribution in [2.75, 3.05) is 0 Å². The fourth-order valence-electron chi connectivity index (χ4n) is 3.20. The monoisotopic (exact) mass is 396 g/mol. The number of hydrogen-bond acceptors (Lipinski definition) is 3. The van der Waals surface area contributed by atoms with Crippen LogP contribution in [0, 0.1) is 20.8 Å². The molecule has 0 aliphatic heterocycles. The molecule has 5 nitrogen and oxygen atoms in total. The molecule has 0 saturated carbocycles. The van der Waals surface area contributed by atoms with Crippen molar-refractivity contribution in [3.63, 3.8) is 0 Å². The Morgan fingerprint density at radius 2 is 1.89 bits per heavy atom. The van der Waals surface area contributed by atoms with Gasteiger partial charge in [-0.1, -0.05) is 23.8 Å². The van der Waals surface area contributed by atoms with Gasteiger partial charge in [0.1, 0.15) is 5.25 Å². The van der Waals surface area contributed by atoms with Crippen molar-refractivity contribution in [3.8, 4) is 0 Å². The smallest absolute Gasteiger partial charge is 0.316 e. The Bertz CT molecular complexity index is 1060. The van der Waals surface area contributed by atoms with Crippen LogP contribution in [0.15, 0.2) is 41.3 Å². The molecule has 0 aliphatic carbocycles. The van der Waals surface area contributed by atoms with Gasteiger partial charge in [0.15, 0.2) is 0 Å². The zero-order valence-electron chi connectivity index (χ0n) is 16.4. The maximum Gasteiger partial charge on any atom is 0.316 e. The Morgan fingerprint density at radius 3 is 2.61 bits per heavy atom. The quantitative estimate of drug-likeness (QED) is 0.532. The SMILES string of the molecule is Cc1cc(CNC(=O)c2ccccc2SC(C)C(=O)O)c2[nH]c(C)c(C)c2c1. The van der Waals surface area contributed by atoms with E-state index < -0.39 is 11.2 Å². The highest BCUT2D eigenvalue weighted by molar-refractivity contribution is 8.00. The van der Waals surface area contributed by atoms with E-state index in [1.54, 1.807) is 25.1 Å². The van der Waals surface area contributed by atoms with Crippen LogP contribution in [0.25, 0.3) is 10.9 Å². The van der Waals surface area contributed by atoms with Crippen molar-refractivity contribution in [3.05, 3.63) is 64.3 Å². The third-order valence-corrected chi connectivity index (χ3v) is 6.03. The summed E-state index contributed by atoms with van der Waals surface area (Å²) in [6.45, 7) is 8.19. The van der Waals surface area contributed by atoms with Gasteiger partial charge < -0.3 is 15.4 Å². The molecule has 0 bridgehead atoms. The number of amides is 1. The molecule has 28 heavy (non-hydrogen) atoms. The number of carbonyl (C=O) groups is 2. The molecule has 1 aromatic heterocycles. The number of carbonyl (C=O) groups excluding carboxylic acids is 1. The lowest BCUT2D eigenvalue weighted by Crippen LogP contribution is -2.24. The molecule has 1 unspecified atom stereocenters. The van der Waals surface area contributed by atoms with E-state index >= 15 is 0 Å². The van der Waals surface area contributed by atoms with Gasteiger partial charge >= 0.3 is 5.97 Å². The average Bonchev–Trinajstić information content (AvgIpc) is 2.94.